The van der Waals surface area contributed by atoms with Crippen LogP contribution in [0.15, 0.2) is 60.8 Å². The van der Waals surface area contributed by atoms with Gasteiger partial charge in [0.2, 0.25) is 11.9 Å². The third-order valence-corrected chi connectivity index (χ3v) is 6.07. The maximum atomic E-state index is 13.6. The van der Waals surface area contributed by atoms with E-state index >= 15 is 0 Å². The molecule has 1 aliphatic heterocycles. The Balaban J connectivity index is 1.63. The van der Waals surface area contributed by atoms with E-state index in [1.165, 1.54) is 0 Å². The summed E-state index contributed by atoms with van der Waals surface area (Å²) in [5, 5.41) is 3.51. The summed E-state index contributed by atoms with van der Waals surface area (Å²) < 4.78 is 0. The SMILES string of the molecule is CC(C)(NC(=O)c1ccccc1)C(=O)N1CCC[C@H]1c1nc(N)ncc1-c1ccc(Cl)cc1. The molecule has 0 saturated carbocycles. The number of nitrogens with zero attached hydrogens (tertiary/aromatic N) is 3. The Labute approximate surface area is 198 Å². The summed E-state index contributed by atoms with van der Waals surface area (Å²) >= 11 is 6.05. The molecule has 2 aromatic carbocycles. The number of anilines is 1. The minimum Gasteiger partial charge on any atom is -0.368 e. The number of aromatic nitrogens is 2. The number of carbonyl (C=O) groups is 2. The summed E-state index contributed by atoms with van der Waals surface area (Å²) in [7, 11) is 0. The van der Waals surface area contributed by atoms with Crippen molar-refractivity contribution in [2.45, 2.75) is 38.3 Å². The van der Waals surface area contributed by atoms with Gasteiger partial charge in [0, 0.05) is 28.9 Å². The number of halogens is 1. The maximum Gasteiger partial charge on any atom is 0.252 e. The molecule has 1 aromatic heterocycles. The van der Waals surface area contributed by atoms with Crippen molar-refractivity contribution in [1.29, 1.82) is 0 Å². The van der Waals surface area contributed by atoms with Crippen molar-refractivity contribution >= 4 is 29.4 Å². The van der Waals surface area contributed by atoms with Gasteiger partial charge in [-0.1, -0.05) is 41.9 Å². The van der Waals surface area contributed by atoms with Crippen molar-refractivity contribution in [3.63, 3.8) is 0 Å². The van der Waals surface area contributed by atoms with E-state index in [1.54, 1.807) is 61.3 Å². The molecule has 0 aliphatic carbocycles. The predicted octanol–water partition coefficient (Wildman–Crippen LogP) is 4.25. The van der Waals surface area contributed by atoms with Gasteiger partial charge in [0.1, 0.15) is 5.54 Å². The first kappa shape index (κ1) is 22.7. The molecule has 0 bridgehead atoms. The quantitative estimate of drug-likeness (QED) is 0.589. The molecular formula is C25H26ClN5O2. The van der Waals surface area contributed by atoms with Crippen LogP contribution in [0.4, 0.5) is 5.95 Å². The van der Waals surface area contributed by atoms with E-state index in [1.807, 2.05) is 18.2 Å². The molecule has 1 aliphatic rings. The molecule has 33 heavy (non-hydrogen) atoms. The van der Waals surface area contributed by atoms with Gasteiger partial charge in [0.15, 0.2) is 0 Å². The number of benzene rings is 2. The molecule has 1 atom stereocenters. The van der Waals surface area contributed by atoms with Crippen LogP contribution in [-0.4, -0.2) is 38.8 Å². The van der Waals surface area contributed by atoms with E-state index in [2.05, 4.69) is 15.3 Å². The molecule has 0 unspecified atom stereocenters. The lowest BCUT2D eigenvalue weighted by atomic mass is 9.97. The Morgan fingerprint density at radius 1 is 1.12 bits per heavy atom. The second-order valence-corrected chi connectivity index (χ2v) is 9.07. The summed E-state index contributed by atoms with van der Waals surface area (Å²) in [5.74, 6) is -0.315. The maximum absolute atomic E-state index is 13.6. The van der Waals surface area contributed by atoms with Crippen molar-refractivity contribution in [1.82, 2.24) is 20.2 Å². The van der Waals surface area contributed by atoms with Crippen LogP contribution in [0.2, 0.25) is 5.02 Å². The van der Waals surface area contributed by atoms with Crippen LogP contribution in [0, 0.1) is 0 Å². The predicted molar refractivity (Wildman–Crippen MR) is 129 cm³/mol. The molecule has 8 heteroatoms. The molecule has 1 saturated heterocycles. The first-order valence-electron chi connectivity index (χ1n) is 10.8. The van der Waals surface area contributed by atoms with Crippen LogP contribution >= 0.6 is 11.6 Å². The molecule has 7 nitrogen and oxygen atoms in total. The number of nitrogens with one attached hydrogen (secondary N) is 1. The standard InChI is InChI=1S/C25H26ClN5O2/c1-25(2,30-22(32)17-7-4-3-5-8-17)23(33)31-14-6-9-20(31)21-19(15-28-24(27)29-21)16-10-12-18(26)13-11-16/h3-5,7-8,10-13,15,20H,6,9,14H2,1-2H3,(H,30,32)(H2,27,28,29)/t20-/m0/s1. The van der Waals surface area contributed by atoms with E-state index in [0.29, 0.717) is 22.8 Å². The average molecular weight is 464 g/mol. The van der Waals surface area contributed by atoms with Gasteiger partial charge >= 0.3 is 0 Å². The van der Waals surface area contributed by atoms with Crippen LogP contribution in [-0.2, 0) is 4.79 Å². The largest absolute Gasteiger partial charge is 0.368 e. The van der Waals surface area contributed by atoms with Crippen LogP contribution < -0.4 is 11.1 Å². The highest BCUT2D eigenvalue weighted by atomic mass is 35.5. The zero-order valence-corrected chi connectivity index (χ0v) is 19.3. The average Bonchev–Trinajstić information content (AvgIpc) is 3.29. The lowest BCUT2D eigenvalue weighted by Crippen LogP contribution is -2.55. The molecular weight excluding hydrogens is 438 g/mol. The number of amides is 2. The minimum atomic E-state index is -1.10. The normalized spacial score (nSPS) is 16.0. The first-order valence-corrected chi connectivity index (χ1v) is 11.2. The second-order valence-electron chi connectivity index (χ2n) is 8.64. The lowest BCUT2D eigenvalue weighted by molar-refractivity contribution is -0.137. The van der Waals surface area contributed by atoms with Gasteiger partial charge in [-0.3, -0.25) is 9.59 Å². The van der Waals surface area contributed by atoms with Gasteiger partial charge in [-0.05, 0) is 56.5 Å². The Morgan fingerprint density at radius 3 is 2.52 bits per heavy atom. The van der Waals surface area contributed by atoms with Gasteiger partial charge in [0.25, 0.3) is 5.91 Å². The Kier molecular flexibility index (Phi) is 6.33. The summed E-state index contributed by atoms with van der Waals surface area (Å²) in [6.07, 6.45) is 3.25. The number of nitrogens with two attached hydrogens (primary N) is 1. The van der Waals surface area contributed by atoms with E-state index in [9.17, 15) is 9.59 Å². The molecule has 3 aromatic rings. The lowest BCUT2D eigenvalue weighted by Gasteiger charge is -2.34. The third kappa shape index (κ3) is 4.83. The number of nitrogen functional groups attached to an aromatic ring is 1. The number of hydrogen-bond acceptors (Lipinski definition) is 5. The fourth-order valence-electron chi connectivity index (χ4n) is 4.17. The van der Waals surface area contributed by atoms with Crippen molar-refractivity contribution in [3.8, 4) is 11.1 Å². The zero-order chi connectivity index (χ0) is 23.6. The van der Waals surface area contributed by atoms with Crippen molar-refractivity contribution < 1.29 is 9.59 Å². The topological polar surface area (TPSA) is 101 Å². The smallest absolute Gasteiger partial charge is 0.252 e. The highest BCUT2D eigenvalue weighted by Crippen LogP contribution is 2.38. The Morgan fingerprint density at radius 2 is 1.82 bits per heavy atom. The summed E-state index contributed by atoms with van der Waals surface area (Å²) in [4.78, 5) is 36.8. The Bertz CT molecular complexity index is 1170. The highest BCUT2D eigenvalue weighted by molar-refractivity contribution is 6.30. The van der Waals surface area contributed by atoms with Crippen molar-refractivity contribution in [2.24, 2.45) is 0 Å². The van der Waals surface area contributed by atoms with E-state index in [-0.39, 0.29) is 23.8 Å². The van der Waals surface area contributed by atoms with Gasteiger partial charge in [-0.2, -0.15) is 0 Å². The van der Waals surface area contributed by atoms with Crippen molar-refractivity contribution in [3.05, 3.63) is 77.1 Å². The first-order chi connectivity index (χ1) is 15.8. The molecule has 170 valence electrons. The summed E-state index contributed by atoms with van der Waals surface area (Å²) in [6, 6.07) is 16.0. The second kappa shape index (κ2) is 9.19. The molecule has 0 spiro atoms. The number of hydrogen-bond donors (Lipinski definition) is 2. The van der Waals surface area contributed by atoms with Gasteiger partial charge in [-0.15, -0.1) is 0 Å². The molecule has 1 fully saturated rings. The fraction of sp³-hybridized carbons (Fsp3) is 0.280. The molecule has 4 rings (SSSR count). The van der Waals surface area contributed by atoms with E-state index < -0.39 is 5.54 Å². The zero-order valence-electron chi connectivity index (χ0n) is 18.6. The van der Waals surface area contributed by atoms with E-state index in [0.717, 1.165) is 24.0 Å². The van der Waals surface area contributed by atoms with E-state index in [4.69, 9.17) is 17.3 Å². The monoisotopic (exact) mass is 463 g/mol. The Hall–Kier alpha value is -3.45. The summed E-state index contributed by atoms with van der Waals surface area (Å²) in [5.41, 5.74) is 7.72. The van der Waals surface area contributed by atoms with Crippen LogP contribution in [0.5, 0.6) is 0 Å². The minimum absolute atomic E-state index is 0.152. The third-order valence-electron chi connectivity index (χ3n) is 5.82. The molecule has 3 N–H and O–H groups in total. The number of likely N-dealkylation sites (tertiary alicyclic amines) is 1. The molecule has 2 heterocycles. The highest BCUT2D eigenvalue weighted by Gasteiger charge is 2.40. The van der Waals surface area contributed by atoms with Crippen LogP contribution in [0.25, 0.3) is 11.1 Å². The van der Waals surface area contributed by atoms with Crippen molar-refractivity contribution in [2.75, 3.05) is 12.3 Å². The van der Waals surface area contributed by atoms with Gasteiger partial charge < -0.3 is 16.0 Å². The number of carbonyl (C=O) groups excluding carboxylic acids is 2. The van der Waals surface area contributed by atoms with Crippen LogP contribution in [0.3, 0.4) is 0 Å². The fourth-order valence-corrected chi connectivity index (χ4v) is 4.29. The number of rotatable bonds is 5. The summed E-state index contributed by atoms with van der Waals surface area (Å²) in [6.45, 7) is 4.01. The van der Waals surface area contributed by atoms with Gasteiger partial charge in [0.05, 0.1) is 11.7 Å². The van der Waals surface area contributed by atoms with Crippen LogP contribution in [0.1, 0.15) is 48.8 Å². The molecule has 2 amide bonds. The molecule has 0 radical (unpaired) electrons. The van der Waals surface area contributed by atoms with Gasteiger partial charge in [-0.25, -0.2) is 9.97 Å².